The molecule has 5 nitrogen and oxygen atoms in total. The van der Waals surface area contributed by atoms with Gasteiger partial charge >= 0.3 is 0 Å². The second-order valence-electron chi connectivity index (χ2n) is 4.76. The average Bonchev–Trinajstić information content (AvgIpc) is 3.03. The van der Waals surface area contributed by atoms with Crippen molar-refractivity contribution in [2.24, 2.45) is 10.7 Å². The van der Waals surface area contributed by atoms with Gasteiger partial charge < -0.3 is 15.1 Å². The van der Waals surface area contributed by atoms with Crippen LogP contribution in [-0.4, -0.2) is 40.4 Å². The molecule has 0 amide bonds. The van der Waals surface area contributed by atoms with E-state index in [2.05, 4.69) is 14.9 Å². The van der Waals surface area contributed by atoms with Gasteiger partial charge in [-0.3, -0.25) is 0 Å². The van der Waals surface area contributed by atoms with Crippen molar-refractivity contribution in [3.8, 4) is 11.3 Å². The molecule has 0 aliphatic carbocycles. The van der Waals surface area contributed by atoms with E-state index < -0.39 is 0 Å². The molecule has 1 aliphatic heterocycles. The molecule has 0 atom stereocenters. The van der Waals surface area contributed by atoms with Crippen LogP contribution in [0.5, 0.6) is 0 Å². The minimum atomic E-state index is 0. The molecule has 3 rings (SSSR count). The molecule has 7 heteroatoms. The summed E-state index contributed by atoms with van der Waals surface area (Å²) in [6.45, 7) is 2.30. The van der Waals surface area contributed by atoms with E-state index in [0.717, 1.165) is 35.9 Å². The number of rotatable bonds is 3. The van der Waals surface area contributed by atoms with Crippen LogP contribution in [0.1, 0.15) is 5.89 Å². The number of guanidine groups is 1. The van der Waals surface area contributed by atoms with Gasteiger partial charge in [-0.15, -0.1) is 24.0 Å². The third-order valence-electron chi connectivity index (χ3n) is 3.32. The fourth-order valence-electron chi connectivity index (χ4n) is 2.16. The minimum Gasteiger partial charge on any atom is -0.439 e. The van der Waals surface area contributed by atoms with E-state index in [-0.39, 0.29) is 24.0 Å². The highest BCUT2D eigenvalue weighted by atomic mass is 127. The molecule has 118 valence electrons. The summed E-state index contributed by atoms with van der Waals surface area (Å²) in [6, 6.07) is 9.91. The first-order valence-electron chi connectivity index (χ1n) is 6.95. The number of hydrogen-bond acceptors (Lipinski definition) is 4. The molecule has 22 heavy (non-hydrogen) atoms. The summed E-state index contributed by atoms with van der Waals surface area (Å²) in [5.41, 5.74) is 7.03. The first-order valence-corrected chi connectivity index (χ1v) is 8.11. The Balaban J connectivity index is 0.00000176. The fraction of sp³-hybridized carbons (Fsp3) is 0.333. The van der Waals surface area contributed by atoms with Gasteiger partial charge in [0, 0.05) is 30.2 Å². The summed E-state index contributed by atoms with van der Waals surface area (Å²) >= 11 is 1.95. The number of oxazole rings is 1. The molecule has 0 radical (unpaired) electrons. The van der Waals surface area contributed by atoms with Crippen molar-refractivity contribution in [2.45, 2.75) is 6.54 Å². The maximum atomic E-state index is 6.01. The Bertz CT molecular complexity index is 611. The third kappa shape index (κ3) is 4.39. The van der Waals surface area contributed by atoms with E-state index in [9.17, 15) is 0 Å². The largest absolute Gasteiger partial charge is 0.439 e. The first-order chi connectivity index (χ1) is 10.3. The topological polar surface area (TPSA) is 67.6 Å². The van der Waals surface area contributed by atoms with Crippen LogP contribution in [0.2, 0.25) is 0 Å². The molecule has 1 aliphatic rings. The molecule has 0 spiro atoms. The van der Waals surface area contributed by atoms with Crippen molar-refractivity contribution in [1.82, 2.24) is 9.88 Å². The number of aromatic nitrogens is 1. The van der Waals surface area contributed by atoms with Crippen molar-refractivity contribution in [3.63, 3.8) is 0 Å². The van der Waals surface area contributed by atoms with Gasteiger partial charge in [-0.2, -0.15) is 11.8 Å². The zero-order valence-corrected chi connectivity index (χ0v) is 15.3. The van der Waals surface area contributed by atoms with E-state index in [1.54, 1.807) is 6.20 Å². The van der Waals surface area contributed by atoms with Gasteiger partial charge in [0.25, 0.3) is 0 Å². The predicted molar refractivity (Wildman–Crippen MR) is 102 cm³/mol. The maximum Gasteiger partial charge on any atom is 0.216 e. The highest BCUT2D eigenvalue weighted by molar-refractivity contribution is 14.0. The monoisotopic (exact) mass is 430 g/mol. The van der Waals surface area contributed by atoms with Crippen LogP contribution in [0, 0.1) is 0 Å². The number of benzene rings is 1. The molecule has 2 aromatic rings. The van der Waals surface area contributed by atoms with E-state index in [4.69, 9.17) is 10.2 Å². The number of halogens is 1. The second-order valence-corrected chi connectivity index (χ2v) is 5.98. The summed E-state index contributed by atoms with van der Waals surface area (Å²) in [4.78, 5) is 10.7. The number of aliphatic imine (C=N–C) groups is 1. The Hall–Kier alpha value is -1.22. The zero-order valence-electron chi connectivity index (χ0n) is 12.1. The van der Waals surface area contributed by atoms with Crippen molar-refractivity contribution in [1.29, 1.82) is 0 Å². The minimum absolute atomic E-state index is 0. The van der Waals surface area contributed by atoms with Crippen molar-refractivity contribution >= 4 is 41.7 Å². The second kappa shape index (κ2) is 8.42. The molecule has 1 fully saturated rings. The van der Waals surface area contributed by atoms with Crippen molar-refractivity contribution in [3.05, 3.63) is 42.4 Å². The standard InChI is InChI=1S/C15H18N4OS.HI/c16-15(19-6-8-21-9-7-19)18-11-14-17-10-13(20-14)12-4-2-1-3-5-12;/h1-5,10H,6-9,11H2,(H2,16,18);1H. The summed E-state index contributed by atoms with van der Waals surface area (Å²) in [5, 5.41) is 0. The van der Waals surface area contributed by atoms with Gasteiger partial charge in [0.05, 0.1) is 6.20 Å². The molecule has 0 bridgehead atoms. The average molecular weight is 430 g/mol. The summed E-state index contributed by atoms with van der Waals surface area (Å²) in [5.74, 6) is 4.13. The molecule has 2 heterocycles. The van der Waals surface area contributed by atoms with Crippen LogP contribution in [-0.2, 0) is 6.54 Å². The Kier molecular flexibility index (Phi) is 6.56. The lowest BCUT2D eigenvalue weighted by Crippen LogP contribution is -2.42. The molecule has 1 saturated heterocycles. The summed E-state index contributed by atoms with van der Waals surface area (Å²) in [6.07, 6.45) is 1.73. The Morgan fingerprint density at radius 3 is 2.73 bits per heavy atom. The molecule has 0 unspecified atom stereocenters. The third-order valence-corrected chi connectivity index (χ3v) is 4.27. The van der Waals surface area contributed by atoms with Crippen LogP contribution in [0.25, 0.3) is 11.3 Å². The number of hydrogen-bond donors (Lipinski definition) is 1. The Morgan fingerprint density at radius 2 is 2.00 bits per heavy atom. The molecule has 0 saturated carbocycles. The SMILES string of the molecule is I.NC(=NCc1ncc(-c2ccccc2)o1)N1CCSCC1. The van der Waals surface area contributed by atoms with E-state index >= 15 is 0 Å². The highest BCUT2D eigenvalue weighted by Crippen LogP contribution is 2.20. The van der Waals surface area contributed by atoms with E-state index in [1.807, 2.05) is 42.1 Å². The maximum absolute atomic E-state index is 6.01. The van der Waals surface area contributed by atoms with Gasteiger partial charge in [-0.05, 0) is 0 Å². The summed E-state index contributed by atoms with van der Waals surface area (Å²) in [7, 11) is 0. The van der Waals surface area contributed by atoms with Gasteiger partial charge in [0.2, 0.25) is 5.89 Å². The molecule has 2 N–H and O–H groups in total. The van der Waals surface area contributed by atoms with Crippen molar-refractivity contribution in [2.75, 3.05) is 24.6 Å². The van der Waals surface area contributed by atoms with Crippen LogP contribution >= 0.6 is 35.7 Å². The van der Waals surface area contributed by atoms with Gasteiger partial charge in [0.15, 0.2) is 11.7 Å². The fourth-order valence-corrected chi connectivity index (χ4v) is 3.06. The Labute approximate surface area is 151 Å². The van der Waals surface area contributed by atoms with Gasteiger partial charge in [0.1, 0.15) is 6.54 Å². The Morgan fingerprint density at radius 1 is 1.27 bits per heavy atom. The lowest BCUT2D eigenvalue weighted by atomic mass is 10.2. The normalized spacial score (nSPS) is 15.5. The molecule has 1 aromatic carbocycles. The highest BCUT2D eigenvalue weighted by Gasteiger charge is 2.12. The van der Waals surface area contributed by atoms with Crippen LogP contribution < -0.4 is 5.73 Å². The van der Waals surface area contributed by atoms with Crippen molar-refractivity contribution < 1.29 is 4.42 Å². The predicted octanol–water partition coefficient (Wildman–Crippen LogP) is 2.82. The number of nitrogens with zero attached hydrogens (tertiary/aromatic N) is 3. The van der Waals surface area contributed by atoms with Gasteiger partial charge in [-0.25, -0.2) is 9.98 Å². The zero-order chi connectivity index (χ0) is 14.5. The molecule has 1 aromatic heterocycles. The van der Waals surface area contributed by atoms with E-state index in [1.165, 1.54) is 0 Å². The lowest BCUT2D eigenvalue weighted by molar-refractivity contribution is 0.451. The molecular formula is C15H19IN4OS. The van der Waals surface area contributed by atoms with Crippen LogP contribution in [0.15, 0.2) is 45.9 Å². The van der Waals surface area contributed by atoms with Crippen LogP contribution in [0.4, 0.5) is 0 Å². The first kappa shape index (κ1) is 17.1. The number of thioether (sulfide) groups is 1. The van der Waals surface area contributed by atoms with E-state index in [0.29, 0.717) is 18.4 Å². The lowest BCUT2D eigenvalue weighted by Gasteiger charge is -2.27. The summed E-state index contributed by atoms with van der Waals surface area (Å²) < 4.78 is 5.71. The number of nitrogens with two attached hydrogens (primary N) is 1. The van der Waals surface area contributed by atoms with Gasteiger partial charge in [-0.1, -0.05) is 30.3 Å². The molecular weight excluding hydrogens is 411 g/mol. The van der Waals surface area contributed by atoms with Crippen LogP contribution in [0.3, 0.4) is 0 Å². The smallest absolute Gasteiger partial charge is 0.216 e. The quantitative estimate of drug-likeness (QED) is 0.461.